The van der Waals surface area contributed by atoms with E-state index in [1.807, 2.05) is 13.8 Å². The van der Waals surface area contributed by atoms with E-state index >= 15 is 8.78 Å². The van der Waals surface area contributed by atoms with Gasteiger partial charge in [-0.15, -0.1) is 0 Å². The van der Waals surface area contributed by atoms with E-state index in [4.69, 9.17) is 4.74 Å². The van der Waals surface area contributed by atoms with E-state index in [-0.39, 0.29) is 36.1 Å². The van der Waals surface area contributed by atoms with Gasteiger partial charge in [-0.05, 0) is 67.0 Å². The number of amides is 2. The number of fused-ring (bicyclic) bond motifs is 2. The Kier molecular flexibility index (Phi) is 7.23. The molecule has 2 aromatic heterocycles. The summed E-state index contributed by atoms with van der Waals surface area (Å²) in [6.45, 7) is 8.55. The van der Waals surface area contributed by atoms with E-state index in [1.165, 1.54) is 35.9 Å². The molecule has 1 saturated carbocycles. The maximum Gasteiger partial charge on any atom is 0.247 e. The Labute approximate surface area is 236 Å². The number of rotatable bonds is 9. The number of halogens is 2. The van der Waals surface area contributed by atoms with Crippen molar-refractivity contribution in [1.29, 1.82) is 0 Å². The number of nitrogens with zero attached hydrogens (tertiary/aromatic N) is 4. The van der Waals surface area contributed by atoms with Gasteiger partial charge in [0.05, 0.1) is 37.0 Å². The van der Waals surface area contributed by atoms with Crippen LogP contribution in [-0.4, -0.2) is 39.5 Å². The Bertz CT molecular complexity index is 1590. The van der Waals surface area contributed by atoms with Gasteiger partial charge >= 0.3 is 0 Å². The molecular weight excluding hydrogens is 532 g/mol. The number of carbonyl (C=O) groups is 3. The summed E-state index contributed by atoms with van der Waals surface area (Å²) in [7, 11) is 1.31. The average Bonchev–Trinajstić information content (AvgIpc) is 3.66. The number of carbonyl (C=O) groups excluding carboxylic acids is 3. The minimum atomic E-state index is -0.962. The van der Waals surface area contributed by atoms with E-state index in [0.29, 0.717) is 47.5 Å². The van der Waals surface area contributed by atoms with Gasteiger partial charge in [0.25, 0.3) is 0 Å². The lowest BCUT2D eigenvalue weighted by atomic mass is 9.85. The molecule has 5 rings (SSSR count). The Morgan fingerprint density at radius 2 is 2.00 bits per heavy atom. The van der Waals surface area contributed by atoms with Crippen LogP contribution in [0.15, 0.2) is 37.2 Å². The van der Waals surface area contributed by atoms with Crippen LogP contribution in [0.2, 0.25) is 0 Å². The molecule has 1 unspecified atom stereocenters. The van der Waals surface area contributed by atoms with Gasteiger partial charge in [0.1, 0.15) is 11.4 Å². The molecule has 11 heteroatoms. The first-order chi connectivity index (χ1) is 19.5. The zero-order valence-electron chi connectivity index (χ0n) is 23.4. The molecule has 3 aromatic rings. The first-order valence-corrected chi connectivity index (χ1v) is 13.4. The first kappa shape index (κ1) is 28.1. The number of anilines is 2. The second kappa shape index (κ2) is 10.5. The number of methoxy groups -OCH3 is 1. The van der Waals surface area contributed by atoms with Crippen LogP contribution in [0.25, 0.3) is 11.4 Å². The van der Waals surface area contributed by atoms with Gasteiger partial charge in [-0.2, -0.15) is 5.10 Å². The fourth-order valence-electron chi connectivity index (χ4n) is 5.37. The molecule has 1 fully saturated rings. The van der Waals surface area contributed by atoms with E-state index in [2.05, 4.69) is 22.0 Å². The maximum atomic E-state index is 15.9. The highest BCUT2D eigenvalue weighted by atomic mass is 19.1. The number of ketones is 1. The van der Waals surface area contributed by atoms with Crippen molar-refractivity contribution in [3.63, 3.8) is 0 Å². The van der Waals surface area contributed by atoms with Crippen molar-refractivity contribution in [2.45, 2.75) is 64.5 Å². The minimum Gasteiger partial charge on any atom is -0.494 e. The summed E-state index contributed by atoms with van der Waals surface area (Å²) in [5, 5.41) is 7.15. The number of hydrogen-bond donors (Lipinski definition) is 1. The molecule has 214 valence electrons. The lowest BCUT2D eigenvalue weighted by Crippen LogP contribution is -2.45. The normalized spacial score (nSPS) is 15.9. The van der Waals surface area contributed by atoms with Crippen molar-refractivity contribution in [3.05, 3.63) is 65.5 Å². The third kappa shape index (κ3) is 4.79. The molecule has 41 heavy (non-hydrogen) atoms. The van der Waals surface area contributed by atoms with Crippen molar-refractivity contribution in [1.82, 2.24) is 14.8 Å². The molecule has 1 atom stereocenters. The largest absolute Gasteiger partial charge is 0.494 e. The molecule has 1 spiro atoms. The van der Waals surface area contributed by atoms with Crippen molar-refractivity contribution < 1.29 is 27.9 Å². The van der Waals surface area contributed by atoms with Gasteiger partial charge in [0.2, 0.25) is 11.8 Å². The Hall–Kier alpha value is -4.41. The molecule has 1 aromatic carbocycles. The number of hydrogen-bond acceptors (Lipinski definition) is 6. The number of aromatic nitrogens is 3. The van der Waals surface area contributed by atoms with Gasteiger partial charge in [0, 0.05) is 12.4 Å². The molecule has 1 aliphatic carbocycles. The topological polar surface area (TPSA) is 106 Å². The van der Waals surface area contributed by atoms with E-state index in [1.54, 1.807) is 12.3 Å². The van der Waals surface area contributed by atoms with Gasteiger partial charge in [-0.1, -0.05) is 20.4 Å². The molecule has 1 aliphatic heterocycles. The van der Waals surface area contributed by atoms with Gasteiger partial charge < -0.3 is 15.0 Å². The predicted molar refractivity (Wildman–Crippen MR) is 149 cm³/mol. The summed E-state index contributed by atoms with van der Waals surface area (Å²) in [4.78, 5) is 43.4. The Balaban J connectivity index is 1.60. The van der Waals surface area contributed by atoms with Crippen LogP contribution >= 0.6 is 0 Å². The zero-order valence-corrected chi connectivity index (χ0v) is 23.4. The summed E-state index contributed by atoms with van der Waals surface area (Å²) in [5.41, 5.74) is 1.30. The molecule has 2 amide bonds. The monoisotopic (exact) mass is 563 g/mol. The quantitative estimate of drug-likeness (QED) is 0.366. The van der Waals surface area contributed by atoms with Crippen LogP contribution in [0, 0.1) is 11.6 Å². The molecule has 2 aliphatic rings. The summed E-state index contributed by atoms with van der Waals surface area (Å²) in [6.07, 6.45) is 5.84. The molecule has 0 bridgehead atoms. The average molecular weight is 564 g/mol. The van der Waals surface area contributed by atoms with Crippen molar-refractivity contribution >= 4 is 29.0 Å². The Morgan fingerprint density at radius 1 is 1.27 bits per heavy atom. The number of ether oxygens (including phenoxy) is 1. The third-order valence-electron chi connectivity index (χ3n) is 7.87. The molecule has 9 nitrogen and oxygen atoms in total. The second-order valence-corrected chi connectivity index (χ2v) is 10.6. The van der Waals surface area contributed by atoms with Crippen molar-refractivity contribution in [2.24, 2.45) is 0 Å². The van der Waals surface area contributed by atoms with E-state index < -0.39 is 34.6 Å². The maximum absolute atomic E-state index is 15.9. The van der Waals surface area contributed by atoms with E-state index in [9.17, 15) is 14.4 Å². The number of pyridine rings is 1. The zero-order chi connectivity index (χ0) is 29.6. The van der Waals surface area contributed by atoms with Crippen LogP contribution in [0.5, 0.6) is 5.75 Å². The van der Waals surface area contributed by atoms with Crippen LogP contribution < -0.4 is 15.0 Å². The van der Waals surface area contributed by atoms with Crippen molar-refractivity contribution in [2.75, 3.05) is 17.3 Å². The number of nitrogens with one attached hydrogen (secondary N) is 1. The molecule has 0 radical (unpaired) electrons. The van der Waals surface area contributed by atoms with Gasteiger partial charge in [-0.25, -0.2) is 8.78 Å². The molecule has 3 heterocycles. The van der Waals surface area contributed by atoms with Gasteiger partial charge in [0.15, 0.2) is 23.2 Å². The highest BCUT2D eigenvalue weighted by Gasteiger charge is 2.57. The van der Waals surface area contributed by atoms with Crippen LogP contribution in [0.3, 0.4) is 0 Å². The smallest absolute Gasteiger partial charge is 0.247 e. The Morgan fingerprint density at radius 3 is 2.61 bits per heavy atom. The second-order valence-electron chi connectivity index (χ2n) is 10.6. The third-order valence-corrected chi connectivity index (χ3v) is 7.87. The lowest BCUT2D eigenvalue weighted by molar-refractivity contribution is -0.121. The first-order valence-electron chi connectivity index (χ1n) is 13.4. The fourth-order valence-corrected chi connectivity index (χ4v) is 5.37. The number of benzene rings is 1. The van der Waals surface area contributed by atoms with Crippen molar-refractivity contribution in [3.8, 4) is 17.1 Å². The highest BCUT2D eigenvalue weighted by Crippen LogP contribution is 2.55. The standard InChI is InChI=1S/C30H31F2N5O4/c1-6-16(3)19-10-23(41-5)26(32)28(25(19)31)37-14-18-12-33-21(11-20(18)30(8-9-30)29(37)40)27-22(34-24(39)7-2)15-36(35-27)13-17(4)38/h7,10-12,15-16H,2,6,8-9,13-14H2,1,3-5H3,(H,34,39). The summed E-state index contributed by atoms with van der Waals surface area (Å²) >= 11 is 0. The number of Topliss-reactive ketones (excluding diaryl/α,β-unsaturated/α-hetero) is 1. The van der Waals surface area contributed by atoms with Crippen LogP contribution in [0.4, 0.5) is 20.2 Å². The van der Waals surface area contributed by atoms with Crippen LogP contribution in [-0.2, 0) is 32.9 Å². The summed E-state index contributed by atoms with van der Waals surface area (Å²) < 4.78 is 38.1. The van der Waals surface area contributed by atoms with Gasteiger partial charge in [-0.3, -0.25) is 24.0 Å². The molecule has 1 N–H and O–H groups in total. The van der Waals surface area contributed by atoms with E-state index in [0.717, 1.165) is 6.08 Å². The SMILES string of the molecule is C=CC(=O)Nc1cn(CC(C)=O)nc1-c1cc2c(cn1)CN(c1c(F)c(OC)cc(C(C)CC)c1F)C(=O)C21CC1. The highest BCUT2D eigenvalue weighted by molar-refractivity contribution is 6.06. The fraction of sp³-hybridized carbons (Fsp3) is 0.367. The predicted octanol–water partition coefficient (Wildman–Crippen LogP) is 5.04. The van der Waals surface area contributed by atoms with Crippen LogP contribution in [0.1, 0.15) is 62.6 Å². The molecular formula is C30H31F2N5O4. The summed E-state index contributed by atoms with van der Waals surface area (Å²) in [6, 6.07) is 3.10. The molecule has 0 saturated heterocycles. The lowest BCUT2D eigenvalue weighted by Gasteiger charge is -2.35. The summed E-state index contributed by atoms with van der Waals surface area (Å²) in [5.74, 6) is -3.02. The minimum absolute atomic E-state index is 0.00438.